The van der Waals surface area contributed by atoms with Crippen LogP contribution < -0.4 is 0 Å². The van der Waals surface area contributed by atoms with Crippen molar-refractivity contribution in [1.82, 2.24) is 0 Å². The summed E-state index contributed by atoms with van der Waals surface area (Å²) in [6, 6.07) is 6.31. The maximum absolute atomic E-state index is 12.2. The van der Waals surface area contributed by atoms with E-state index in [1.807, 2.05) is 13.8 Å². The van der Waals surface area contributed by atoms with Gasteiger partial charge in [-0.1, -0.05) is 24.6 Å². The van der Waals surface area contributed by atoms with Crippen LogP contribution in [0.4, 0.5) is 0 Å². The highest BCUT2D eigenvalue weighted by Gasteiger charge is 2.65. The number of hydrogen-bond donors (Lipinski definition) is 0. The second-order valence-corrected chi connectivity index (χ2v) is 9.42. The molecule has 5 nitrogen and oxygen atoms in total. The van der Waals surface area contributed by atoms with Crippen molar-refractivity contribution in [2.24, 2.45) is 11.8 Å². The molecule has 1 heterocycles. The number of rotatable bonds is 3. The first kappa shape index (κ1) is 14.0. The quantitative estimate of drug-likeness (QED) is 0.781. The van der Waals surface area contributed by atoms with E-state index >= 15 is 0 Å². The van der Waals surface area contributed by atoms with Gasteiger partial charge in [-0.3, -0.25) is 4.18 Å². The van der Waals surface area contributed by atoms with Crippen LogP contribution in [0.25, 0.3) is 0 Å². The number of aryl methyl sites for hydroxylation is 1. The van der Waals surface area contributed by atoms with Crippen LogP contribution in [-0.2, 0) is 24.1 Å². The third-order valence-electron chi connectivity index (χ3n) is 4.33. The molecule has 1 aromatic carbocycles. The minimum absolute atomic E-state index is 0.0382. The molecular weight excluding hydrogens is 300 g/mol. The van der Waals surface area contributed by atoms with Gasteiger partial charge in [-0.15, -0.1) is 0 Å². The fraction of sp³-hybridized carbons (Fsp3) is 0.538. The van der Waals surface area contributed by atoms with Crippen LogP contribution in [0.3, 0.4) is 0 Å². The van der Waals surface area contributed by atoms with Crippen molar-refractivity contribution in [2.75, 3.05) is 5.75 Å². The van der Waals surface area contributed by atoms with Gasteiger partial charge >= 0.3 is 0 Å². The molecule has 1 saturated heterocycles. The van der Waals surface area contributed by atoms with Crippen LogP contribution in [-0.4, -0.2) is 33.9 Å². The van der Waals surface area contributed by atoms with Crippen molar-refractivity contribution >= 4 is 20.0 Å². The number of benzene rings is 1. The maximum Gasteiger partial charge on any atom is 0.297 e. The summed E-state index contributed by atoms with van der Waals surface area (Å²) in [5.74, 6) is 0.172. The zero-order valence-electron chi connectivity index (χ0n) is 11.2. The lowest BCUT2D eigenvalue weighted by molar-refractivity contribution is 0.00268. The molecule has 0 aromatic heterocycles. The molecule has 1 aliphatic carbocycles. The summed E-state index contributed by atoms with van der Waals surface area (Å²) in [6.45, 7) is 3.70. The molecule has 1 aliphatic heterocycles. The Bertz CT molecular complexity index is 733. The Balaban J connectivity index is 1.82. The highest BCUT2D eigenvalue weighted by atomic mass is 32.2. The molecule has 110 valence electrons. The predicted octanol–water partition coefficient (Wildman–Crippen LogP) is 1.13. The molecule has 0 unspecified atom stereocenters. The summed E-state index contributed by atoms with van der Waals surface area (Å²) in [6.07, 6.45) is -0.745. The van der Waals surface area contributed by atoms with Crippen LogP contribution in [0.15, 0.2) is 29.2 Å². The molecule has 0 radical (unpaired) electrons. The van der Waals surface area contributed by atoms with E-state index in [1.165, 1.54) is 12.1 Å². The highest BCUT2D eigenvalue weighted by Crippen LogP contribution is 2.51. The van der Waals surface area contributed by atoms with Gasteiger partial charge < -0.3 is 0 Å². The Hall–Kier alpha value is -0.920. The topological polar surface area (TPSA) is 77.5 Å². The number of sulfone groups is 1. The molecule has 4 atom stereocenters. The fourth-order valence-corrected chi connectivity index (χ4v) is 6.70. The second kappa shape index (κ2) is 4.29. The predicted molar refractivity (Wildman–Crippen MR) is 73.5 cm³/mol. The van der Waals surface area contributed by atoms with Gasteiger partial charge in [-0.05, 0) is 30.9 Å². The van der Waals surface area contributed by atoms with Crippen molar-refractivity contribution in [3.8, 4) is 0 Å². The standard InChI is InChI=1S/C13H16O5S2/c1-8-3-5-10(6-4-8)20(16,17)18-12-9(2)11-7-19(14,15)13(11)12/h3-6,9,11-13H,7H2,1-2H3/t9-,11+,12-,13-/m0/s1. The third kappa shape index (κ3) is 1.99. The van der Waals surface area contributed by atoms with Gasteiger partial charge in [0.1, 0.15) is 0 Å². The van der Waals surface area contributed by atoms with Gasteiger partial charge in [0.25, 0.3) is 10.1 Å². The van der Waals surface area contributed by atoms with E-state index in [4.69, 9.17) is 4.18 Å². The molecule has 20 heavy (non-hydrogen) atoms. The van der Waals surface area contributed by atoms with Crippen LogP contribution in [0.5, 0.6) is 0 Å². The molecule has 7 heteroatoms. The van der Waals surface area contributed by atoms with Crippen LogP contribution in [0.2, 0.25) is 0 Å². The maximum atomic E-state index is 12.2. The minimum atomic E-state index is -3.91. The normalized spacial score (nSPS) is 34.7. The van der Waals surface area contributed by atoms with Crippen LogP contribution in [0.1, 0.15) is 12.5 Å². The zero-order valence-corrected chi connectivity index (χ0v) is 12.8. The average Bonchev–Trinajstić information content (AvgIpc) is 2.35. The summed E-state index contributed by atoms with van der Waals surface area (Å²) in [5.41, 5.74) is 0.947. The monoisotopic (exact) mass is 316 g/mol. The van der Waals surface area contributed by atoms with E-state index < -0.39 is 31.3 Å². The minimum Gasteiger partial charge on any atom is -0.261 e. The number of fused-ring (bicyclic) bond motifs is 1. The zero-order chi connectivity index (χ0) is 14.7. The van der Waals surface area contributed by atoms with E-state index in [-0.39, 0.29) is 22.5 Å². The Labute approximate surface area is 119 Å². The molecule has 0 amide bonds. The van der Waals surface area contributed by atoms with E-state index in [0.717, 1.165) is 5.56 Å². The van der Waals surface area contributed by atoms with Crippen molar-refractivity contribution < 1.29 is 21.0 Å². The fourth-order valence-electron chi connectivity index (χ4n) is 2.96. The van der Waals surface area contributed by atoms with Gasteiger partial charge in [0.15, 0.2) is 9.84 Å². The van der Waals surface area contributed by atoms with Gasteiger partial charge in [-0.25, -0.2) is 8.42 Å². The van der Waals surface area contributed by atoms with Gasteiger partial charge in [-0.2, -0.15) is 8.42 Å². The molecule has 3 rings (SSSR count). The molecule has 0 bridgehead atoms. The Kier molecular flexibility index (Phi) is 3.01. The lowest BCUT2D eigenvalue weighted by Crippen LogP contribution is -2.69. The smallest absolute Gasteiger partial charge is 0.261 e. The van der Waals surface area contributed by atoms with Crippen molar-refractivity contribution in [2.45, 2.75) is 30.1 Å². The summed E-state index contributed by atoms with van der Waals surface area (Å²) in [7, 11) is -7.06. The second-order valence-electron chi connectivity index (χ2n) is 5.65. The highest BCUT2D eigenvalue weighted by molar-refractivity contribution is 7.93. The summed E-state index contributed by atoms with van der Waals surface area (Å²) >= 11 is 0. The molecular formula is C13H16O5S2. The SMILES string of the molecule is Cc1ccc(S(=O)(=O)O[C@H]2[C@@H](C)[C@H]3CS(=O)(=O)[C@@H]32)cc1. The first-order chi connectivity index (χ1) is 9.22. The molecule has 0 N–H and O–H groups in total. The Morgan fingerprint density at radius 2 is 1.80 bits per heavy atom. The van der Waals surface area contributed by atoms with Crippen LogP contribution in [0, 0.1) is 18.8 Å². The molecule has 0 spiro atoms. The Morgan fingerprint density at radius 3 is 2.35 bits per heavy atom. The molecule has 1 aromatic rings. The van der Waals surface area contributed by atoms with Gasteiger partial charge in [0.05, 0.1) is 22.0 Å². The summed E-state index contributed by atoms with van der Waals surface area (Å²) < 4.78 is 52.8. The first-order valence-corrected chi connectivity index (χ1v) is 9.56. The summed E-state index contributed by atoms with van der Waals surface area (Å²) in [4.78, 5) is 0.0653. The third-order valence-corrected chi connectivity index (χ3v) is 7.95. The van der Waals surface area contributed by atoms with E-state index in [1.54, 1.807) is 12.1 Å². The average molecular weight is 316 g/mol. The van der Waals surface area contributed by atoms with E-state index in [0.29, 0.717) is 0 Å². The molecule has 2 fully saturated rings. The van der Waals surface area contributed by atoms with Gasteiger partial charge in [0.2, 0.25) is 0 Å². The van der Waals surface area contributed by atoms with E-state index in [9.17, 15) is 16.8 Å². The van der Waals surface area contributed by atoms with Crippen LogP contribution >= 0.6 is 0 Å². The summed E-state index contributed by atoms with van der Waals surface area (Å²) in [5, 5.41) is -0.641. The number of hydrogen-bond acceptors (Lipinski definition) is 5. The van der Waals surface area contributed by atoms with Gasteiger partial charge in [0, 0.05) is 0 Å². The van der Waals surface area contributed by atoms with Crippen molar-refractivity contribution in [1.29, 1.82) is 0 Å². The largest absolute Gasteiger partial charge is 0.297 e. The van der Waals surface area contributed by atoms with Crippen molar-refractivity contribution in [3.05, 3.63) is 29.8 Å². The lowest BCUT2D eigenvalue weighted by Gasteiger charge is -2.55. The first-order valence-electron chi connectivity index (χ1n) is 6.44. The molecule has 2 aliphatic rings. The van der Waals surface area contributed by atoms with Crippen molar-refractivity contribution in [3.63, 3.8) is 0 Å². The lowest BCUT2D eigenvalue weighted by atomic mass is 9.72. The van der Waals surface area contributed by atoms with E-state index in [2.05, 4.69) is 0 Å². The Morgan fingerprint density at radius 1 is 1.20 bits per heavy atom. The molecule has 1 saturated carbocycles.